The van der Waals surface area contributed by atoms with Gasteiger partial charge < -0.3 is 15.7 Å². The lowest BCUT2D eigenvalue weighted by atomic mass is 10.1. The Morgan fingerprint density at radius 2 is 2.29 bits per heavy atom. The third-order valence-corrected chi connectivity index (χ3v) is 1.78. The summed E-state index contributed by atoms with van der Waals surface area (Å²) >= 11 is 0. The number of carboxylic acid groups (broad SMARTS) is 1. The summed E-state index contributed by atoms with van der Waals surface area (Å²) in [6, 6.07) is -0.855. The van der Waals surface area contributed by atoms with E-state index >= 15 is 0 Å². The zero-order chi connectivity index (χ0) is 11.0. The molecular formula is C6H13N2O5P. The van der Waals surface area contributed by atoms with Crippen molar-refractivity contribution in [1.29, 1.82) is 0 Å². The van der Waals surface area contributed by atoms with Crippen LogP contribution < -0.4 is 16.1 Å². The van der Waals surface area contributed by atoms with Gasteiger partial charge in [-0.3, -0.25) is 4.79 Å². The molecule has 0 spiro atoms. The van der Waals surface area contributed by atoms with Crippen LogP contribution in [-0.4, -0.2) is 23.7 Å². The van der Waals surface area contributed by atoms with Crippen molar-refractivity contribution >= 4 is 14.2 Å². The van der Waals surface area contributed by atoms with Crippen molar-refractivity contribution in [3.05, 3.63) is 0 Å². The standard InChI is InChI=1S/C6H13N2O5P/c7-5(6(9)10)3-1-2-4-8-13-14(11)12/h5,8H,1-4,7H2,(H,9,10)/t5-/m0/s1. The van der Waals surface area contributed by atoms with Crippen LogP contribution in [0.4, 0.5) is 0 Å². The molecule has 0 aliphatic rings. The van der Waals surface area contributed by atoms with E-state index in [1.54, 1.807) is 0 Å². The average molecular weight is 224 g/mol. The van der Waals surface area contributed by atoms with Crippen LogP contribution in [0.5, 0.6) is 0 Å². The van der Waals surface area contributed by atoms with E-state index in [0.29, 0.717) is 25.8 Å². The molecular weight excluding hydrogens is 211 g/mol. The minimum absolute atomic E-state index is 0.343. The van der Waals surface area contributed by atoms with Crippen LogP contribution >= 0.6 is 8.25 Å². The van der Waals surface area contributed by atoms with Gasteiger partial charge in [0.25, 0.3) is 0 Å². The van der Waals surface area contributed by atoms with Gasteiger partial charge in [0.05, 0.1) is 0 Å². The second-order valence-electron chi connectivity index (χ2n) is 2.65. The van der Waals surface area contributed by atoms with E-state index in [0.717, 1.165) is 0 Å². The Hall–Kier alpha value is -0.590. The largest absolute Gasteiger partial charge is 0.565 e. The molecule has 0 heterocycles. The van der Waals surface area contributed by atoms with Gasteiger partial charge in [-0.1, -0.05) is 4.62 Å². The first kappa shape index (κ1) is 13.4. The van der Waals surface area contributed by atoms with E-state index in [2.05, 4.69) is 10.1 Å². The first-order valence-electron chi connectivity index (χ1n) is 4.06. The van der Waals surface area contributed by atoms with Crippen LogP contribution in [0.2, 0.25) is 0 Å². The quantitative estimate of drug-likeness (QED) is 0.277. The van der Waals surface area contributed by atoms with E-state index in [-0.39, 0.29) is 0 Å². The molecule has 0 aromatic rings. The van der Waals surface area contributed by atoms with Crippen LogP contribution in [0, 0.1) is 0 Å². The molecule has 0 bridgehead atoms. The summed E-state index contributed by atoms with van der Waals surface area (Å²) in [5.74, 6) is -1.03. The lowest BCUT2D eigenvalue weighted by Gasteiger charge is -2.04. The average Bonchev–Trinajstić information content (AvgIpc) is 2.09. The zero-order valence-corrected chi connectivity index (χ0v) is 8.40. The molecule has 0 aliphatic heterocycles. The van der Waals surface area contributed by atoms with Crippen LogP contribution in [-0.2, 0) is 14.0 Å². The second kappa shape index (κ2) is 7.78. The Balaban J connectivity index is 3.21. The topological polar surface area (TPSA) is 125 Å². The number of unbranched alkanes of at least 4 members (excludes halogenated alkanes) is 1. The molecule has 7 nitrogen and oxygen atoms in total. The second-order valence-corrected chi connectivity index (χ2v) is 3.28. The molecule has 8 heteroatoms. The molecule has 2 atom stereocenters. The van der Waals surface area contributed by atoms with Crippen molar-refractivity contribution in [1.82, 2.24) is 5.48 Å². The fraction of sp³-hybridized carbons (Fsp3) is 0.833. The summed E-state index contributed by atoms with van der Waals surface area (Å²) in [5, 5.41) is 8.41. The third kappa shape index (κ3) is 8.03. The monoisotopic (exact) mass is 224 g/mol. The molecule has 0 aromatic heterocycles. The van der Waals surface area contributed by atoms with Crippen molar-refractivity contribution in [3.8, 4) is 0 Å². The maximum absolute atomic E-state index is 10.3. The van der Waals surface area contributed by atoms with Crippen molar-refractivity contribution in [2.45, 2.75) is 25.3 Å². The molecule has 0 saturated heterocycles. The molecule has 0 radical (unpaired) electrons. The Morgan fingerprint density at radius 1 is 1.64 bits per heavy atom. The summed E-state index contributed by atoms with van der Waals surface area (Å²) < 4.78 is 13.9. The van der Waals surface area contributed by atoms with Crippen LogP contribution in [0.1, 0.15) is 19.3 Å². The molecule has 0 saturated carbocycles. The summed E-state index contributed by atoms with van der Waals surface area (Å²) in [6.07, 6.45) is 1.56. The predicted octanol–water partition coefficient (Wildman–Crippen LogP) is -0.892. The van der Waals surface area contributed by atoms with E-state index in [1.807, 2.05) is 0 Å². The Morgan fingerprint density at radius 3 is 2.79 bits per heavy atom. The van der Waals surface area contributed by atoms with Crippen molar-refractivity contribution in [3.63, 3.8) is 0 Å². The number of carbonyl (C=O) groups is 1. The fourth-order valence-corrected chi connectivity index (χ4v) is 0.980. The minimum Gasteiger partial charge on any atom is -0.565 e. The van der Waals surface area contributed by atoms with E-state index < -0.39 is 20.3 Å². The molecule has 1 unspecified atom stereocenters. The molecule has 82 valence electrons. The highest BCUT2D eigenvalue weighted by Crippen LogP contribution is 2.04. The maximum Gasteiger partial charge on any atom is 0.507 e. The number of nitrogens with one attached hydrogen (secondary N) is 1. The molecule has 0 fully saturated rings. The number of rotatable bonds is 8. The first-order valence-corrected chi connectivity index (χ1v) is 5.16. The number of carboxylic acids is 1. The van der Waals surface area contributed by atoms with Crippen LogP contribution in [0.3, 0.4) is 0 Å². The van der Waals surface area contributed by atoms with Crippen molar-refractivity contribution < 1.29 is 24.0 Å². The highest BCUT2D eigenvalue weighted by atomic mass is 31.1. The van der Waals surface area contributed by atoms with Crippen molar-refractivity contribution in [2.75, 3.05) is 6.54 Å². The molecule has 0 amide bonds. The minimum atomic E-state index is -2.87. The molecule has 0 aliphatic carbocycles. The smallest absolute Gasteiger partial charge is 0.507 e. The van der Waals surface area contributed by atoms with Gasteiger partial charge in [-0.15, -0.1) is 0 Å². The number of hydroxylamine groups is 1. The lowest BCUT2D eigenvalue weighted by Crippen LogP contribution is -2.30. The van der Waals surface area contributed by atoms with Gasteiger partial charge in [-0.25, -0.2) is 0 Å². The Bertz CT molecular complexity index is 201. The highest BCUT2D eigenvalue weighted by molar-refractivity contribution is 7.30. The molecule has 4 N–H and O–H groups in total. The summed E-state index contributed by atoms with van der Waals surface area (Å²) in [5.41, 5.74) is 7.43. The molecule has 14 heavy (non-hydrogen) atoms. The predicted molar refractivity (Wildman–Crippen MR) is 46.2 cm³/mol. The maximum atomic E-state index is 10.3. The van der Waals surface area contributed by atoms with Crippen LogP contribution in [0.15, 0.2) is 0 Å². The highest BCUT2D eigenvalue weighted by Gasteiger charge is 2.10. The van der Waals surface area contributed by atoms with Crippen LogP contribution in [0.25, 0.3) is 0 Å². The van der Waals surface area contributed by atoms with E-state index in [1.165, 1.54) is 0 Å². The van der Waals surface area contributed by atoms with Gasteiger partial charge in [0.2, 0.25) is 0 Å². The Labute approximate surface area is 82.1 Å². The molecule has 0 rings (SSSR count). The van der Waals surface area contributed by atoms with E-state index in [4.69, 9.17) is 10.8 Å². The fourth-order valence-electron chi connectivity index (χ4n) is 0.783. The van der Waals surface area contributed by atoms with Gasteiger partial charge in [-0.2, -0.15) is 5.48 Å². The number of nitrogens with two attached hydrogens (primary N) is 1. The molecule has 0 aromatic carbocycles. The SMILES string of the molecule is N[C@@H](CCCCNO[P+](=O)[O-])C(=O)O. The van der Waals surface area contributed by atoms with E-state index in [9.17, 15) is 14.3 Å². The summed E-state index contributed by atoms with van der Waals surface area (Å²) in [7, 11) is -2.87. The number of aliphatic carboxylic acids is 1. The summed E-state index contributed by atoms with van der Waals surface area (Å²) in [6.45, 7) is 0.343. The van der Waals surface area contributed by atoms with Gasteiger partial charge in [0.15, 0.2) is 0 Å². The number of hydrogen-bond acceptors (Lipinski definition) is 6. The summed E-state index contributed by atoms with van der Waals surface area (Å²) in [4.78, 5) is 20.1. The Kier molecular flexibility index (Phi) is 7.45. The van der Waals surface area contributed by atoms with Crippen molar-refractivity contribution in [2.24, 2.45) is 5.73 Å². The normalized spacial score (nSPS) is 13.7. The number of hydrogen-bond donors (Lipinski definition) is 3. The first-order chi connectivity index (χ1) is 6.54. The van der Waals surface area contributed by atoms with Gasteiger partial charge in [0.1, 0.15) is 6.04 Å². The zero-order valence-electron chi connectivity index (χ0n) is 7.51. The van der Waals surface area contributed by atoms with Gasteiger partial charge >= 0.3 is 14.2 Å². The van der Waals surface area contributed by atoms with Gasteiger partial charge in [-0.05, 0) is 23.8 Å². The third-order valence-electron chi connectivity index (χ3n) is 1.50. The van der Waals surface area contributed by atoms with Gasteiger partial charge in [0, 0.05) is 6.54 Å². The lowest BCUT2D eigenvalue weighted by molar-refractivity contribution is -0.190.